The lowest BCUT2D eigenvalue weighted by Gasteiger charge is -2.06. The molecule has 0 atom stereocenters. The Kier molecular flexibility index (Phi) is 3.28. The number of fused-ring (bicyclic) bond motifs is 1. The van der Waals surface area contributed by atoms with Crippen molar-refractivity contribution in [1.29, 1.82) is 0 Å². The highest BCUT2D eigenvalue weighted by Gasteiger charge is 2.19. The highest BCUT2D eigenvalue weighted by molar-refractivity contribution is 9.10. The van der Waals surface area contributed by atoms with E-state index in [-0.39, 0.29) is 5.56 Å². The highest BCUT2D eigenvalue weighted by Crippen LogP contribution is 2.25. The summed E-state index contributed by atoms with van der Waals surface area (Å²) in [5.74, 6) is -0.545. The molecule has 1 amide bonds. The van der Waals surface area contributed by atoms with E-state index in [4.69, 9.17) is 4.74 Å². The predicted octanol–water partition coefficient (Wildman–Crippen LogP) is 3.71. The number of rotatable bonds is 1. The van der Waals surface area contributed by atoms with Gasteiger partial charge in [-0.2, -0.15) is 0 Å². The van der Waals surface area contributed by atoms with E-state index in [1.54, 1.807) is 0 Å². The van der Waals surface area contributed by atoms with Crippen LogP contribution in [0.25, 0.3) is 5.70 Å². The Morgan fingerprint density at radius 2 is 1.85 bits per heavy atom. The number of ether oxygens (including phenoxy) is 1. The van der Waals surface area contributed by atoms with Gasteiger partial charge in [-0.25, -0.2) is 4.39 Å². The van der Waals surface area contributed by atoms with Gasteiger partial charge in [0.15, 0.2) is 0 Å². The van der Waals surface area contributed by atoms with Crippen molar-refractivity contribution in [3.05, 3.63) is 70.1 Å². The molecule has 3 rings (SSSR count). The molecule has 3 nitrogen and oxygen atoms in total. The maximum Gasteiger partial charge on any atom is 0.259 e. The quantitative estimate of drug-likeness (QED) is 0.863. The van der Waals surface area contributed by atoms with Gasteiger partial charge >= 0.3 is 0 Å². The van der Waals surface area contributed by atoms with Crippen LogP contribution in [0.4, 0.5) is 4.39 Å². The molecule has 1 aliphatic rings. The molecule has 2 aromatic carbocycles. The van der Waals surface area contributed by atoms with E-state index < -0.39 is 11.7 Å². The molecule has 0 spiro atoms. The van der Waals surface area contributed by atoms with E-state index >= 15 is 0 Å². The molecule has 0 unspecified atom stereocenters. The minimum Gasteiger partial charge on any atom is -0.462 e. The van der Waals surface area contributed by atoms with Crippen molar-refractivity contribution in [2.24, 2.45) is 0 Å². The molecule has 5 heteroatoms. The van der Waals surface area contributed by atoms with Crippen LogP contribution in [0, 0.1) is 5.82 Å². The minimum atomic E-state index is -0.477. The van der Waals surface area contributed by atoms with Crippen molar-refractivity contribution in [3.63, 3.8) is 0 Å². The standard InChI is InChI=1S/C15H9BrFNO2/c16-10-3-1-9(2-4-10)13-8-20-14-6-5-11(17)7-12(14)15(19)18-13/h1-8H,(H,18,19). The zero-order valence-electron chi connectivity index (χ0n) is 10.2. The van der Waals surface area contributed by atoms with Gasteiger partial charge in [0.2, 0.25) is 0 Å². The Hall–Kier alpha value is -2.14. The molecule has 20 heavy (non-hydrogen) atoms. The minimum absolute atomic E-state index is 0.174. The number of carbonyl (C=O) groups is 1. The van der Waals surface area contributed by atoms with Crippen LogP contribution >= 0.6 is 15.9 Å². The van der Waals surface area contributed by atoms with E-state index in [0.29, 0.717) is 11.4 Å². The summed E-state index contributed by atoms with van der Waals surface area (Å²) in [7, 11) is 0. The third-order valence-corrected chi connectivity index (χ3v) is 3.42. The fourth-order valence-electron chi connectivity index (χ4n) is 1.89. The number of carbonyl (C=O) groups excluding carboxylic acids is 1. The number of nitrogens with one attached hydrogen (secondary N) is 1. The zero-order valence-corrected chi connectivity index (χ0v) is 11.8. The van der Waals surface area contributed by atoms with Crippen molar-refractivity contribution < 1.29 is 13.9 Å². The maximum atomic E-state index is 13.2. The topological polar surface area (TPSA) is 38.3 Å². The summed E-state index contributed by atoms with van der Waals surface area (Å²) in [5.41, 5.74) is 1.50. The summed E-state index contributed by atoms with van der Waals surface area (Å²) in [6.07, 6.45) is 1.45. The average molecular weight is 334 g/mol. The van der Waals surface area contributed by atoms with E-state index in [1.807, 2.05) is 24.3 Å². The van der Waals surface area contributed by atoms with E-state index in [9.17, 15) is 9.18 Å². The van der Waals surface area contributed by atoms with Crippen molar-refractivity contribution >= 4 is 27.5 Å². The third kappa shape index (κ3) is 2.44. The second-order valence-electron chi connectivity index (χ2n) is 4.25. The smallest absolute Gasteiger partial charge is 0.259 e. The average Bonchev–Trinajstić information content (AvgIpc) is 2.60. The molecular formula is C15H9BrFNO2. The van der Waals surface area contributed by atoms with Crippen LogP contribution in [0.3, 0.4) is 0 Å². The normalized spacial score (nSPS) is 13.7. The number of hydrogen-bond donors (Lipinski definition) is 1. The Bertz CT molecular complexity index is 710. The van der Waals surface area contributed by atoms with Crippen molar-refractivity contribution in [1.82, 2.24) is 5.32 Å². The Morgan fingerprint density at radius 1 is 1.10 bits per heavy atom. The lowest BCUT2D eigenvalue weighted by atomic mass is 10.1. The van der Waals surface area contributed by atoms with Crippen molar-refractivity contribution in [2.45, 2.75) is 0 Å². The van der Waals surface area contributed by atoms with Gasteiger partial charge in [-0.3, -0.25) is 4.79 Å². The first-order chi connectivity index (χ1) is 9.63. The van der Waals surface area contributed by atoms with Crippen LogP contribution in [-0.4, -0.2) is 5.91 Å². The van der Waals surface area contributed by atoms with Crippen molar-refractivity contribution in [3.8, 4) is 5.75 Å². The molecule has 0 saturated heterocycles. The first-order valence-electron chi connectivity index (χ1n) is 5.87. The zero-order chi connectivity index (χ0) is 14.1. The molecule has 0 radical (unpaired) electrons. The lowest BCUT2D eigenvalue weighted by Crippen LogP contribution is -2.20. The van der Waals surface area contributed by atoms with Crippen LogP contribution in [0.15, 0.2) is 53.2 Å². The monoisotopic (exact) mass is 333 g/mol. The van der Waals surface area contributed by atoms with Crippen LogP contribution < -0.4 is 10.1 Å². The van der Waals surface area contributed by atoms with Crippen LogP contribution in [0.1, 0.15) is 15.9 Å². The molecule has 0 aromatic heterocycles. The molecule has 1 aliphatic heterocycles. The first-order valence-corrected chi connectivity index (χ1v) is 6.66. The van der Waals surface area contributed by atoms with Gasteiger partial charge in [-0.1, -0.05) is 28.1 Å². The van der Waals surface area contributed by atoms with Gasteiger partial charge in [0.05, 0.1) is 11.3 Å². The number of amides is 1. The molecule has 100 valence electrons. The number of hydrogen-bond acceptors (Lipinski definition) is 2. The van der Waals surface area contributed by atoms with Gasteiger partial charge in [-0.15, -0.1) is 0 Å². The Balaban J connectivity index is 1.97. The second kappa shape index (κ2) is 5.09. The van der Waals surface area contributed by atoms with Crippen molar-refractivity contribution in [2.75, 3.05) is 0 Å². The molecule has 2 aromatic rings. The first kappa shape index (κ1) is 12.9. The van der Waals surface area contributed by atoms with E-state index in [0.717, 1.165) is 16.1 Å². The van der Waals surface area contributed by atoms with E-state index in [1.165, 1.54) is 18.4 Å². The summed E-state index contributed by atoms with van der Waals surface area (Å²) in [6, 6.07) is 11.3. The number of benzene rings is 2. The van der Waals surface area contributed by atoms with Crippen LogP contribution in [0.2, 0.25) is 0 Å². The summed E-state index contributed by atoms with van der Waals surface area (Å²) in [6.45, 7) is 0. The summed E-state index contributed by atoms with van der Waals surface area (Å²) in [4.78, 5) is 12.1. The summed E-state index contributed by atoms with van der Waals surface area (Å²) < 4.78 is 19.6. The largest absolute Gasteiger partial charge is 0.462 e. The molecular weight excluding hydrogens is 325 g/mol. The molecule has 1 heterocycles. The van der Waals surface area contributed by atoms with Gasteiger partial charge < -0.3 is 10.1 Å². The summed E-state index contributed by atoms with van der Waals surface area (Å²) in [5, 5.41) is 2.71. The molecule has 0 fully saturated rings. The molecule has 1 N–H and O–H groups in total. The second-order valence-corrected chi connectivity index (χ2v) is 5.17. The summed E-state index contributed by atoms with van der Waals surface area (Å²) >= 11 is 3.35. The highest BCUT2D eigenvalue weighted by atomic mass is 79.9. The van der Waals surface area contributed by atoms with Crippen LogP contribution in [-0.2, 0) is 0 Å². The molecule has 0 bridgehead atoms. The van der Waals surface area contributed by atoms with Crippen LogP contribution in [0.5, 0.6) is 5.75 Å². The lowest BCUT2D eigenvalue weighted by molar-refractivity contribution is 0.0973. The fourth-order valence-corrected chi connectivity index (χ4v) is 2.16. The van der Waals surface area contributed by atoms with E-state index in [2.05, 4.69) is 21.2 Å². The third-order valence-electron chi connectivity index (χ3n) is 2.89. The predicted molar refractivity (Wildman–Crippen MR) is 76.6 cm³/mol. The molecule has 0 aliphatic carbocycles. The fraction of sp³-hybridized carbons (Fsp3) is 0. The van der Waals surface area contributed by atoms with Gasteiger partial charge in [-0.05, 0) is 30.3 Å². The maximum absolute atomic E-state index is 13.2. The van der Waals surface area contributed by atoms with Gasteiger partial charge in [0.1, 0.15) is 17.8 Å². The number of halogens is 2. The van der Waals surface area contributed by atoms with Gasteiger partial charge in [0.25, 0.3) is 5.91 Å². The van der Waals surface area contributed by atoms with Gasteiger partial charge in [0, 0.05) is 10.0 Å². The SMILES string of the molecule is O=C1NC(c2ccc(Br)cc2)=COc2ccc(F)cc21. The molecule has 0 saturated carbocycles. The Labute approximate surface area is 123 Å². The Morgan fingerprint density at radius 3 is 2.60 bits per heavy atom.